The molecule has 3 aromatic rings. The van der Waals surface area contributed by atoms with Crippen LogP contribution in [0.2, 0.25) is 5.02 Å². The first-order chi connectivity index (χ1) is 14.0. The van der Waals surface area contributed by atoms with Crippen LogP contribution in [-0.2, 0) is 11.2 Å². The Bertz CT molecular complexity index is 1080. The molecule has 7 heteroatoms. The number of halogens is 2. The lowest BCUT2D eigenvalue weighted by molar-refractivity contribution is -0.116. The van der Waals surface area contributed by atoms with Crippen LogP contribution in [-0.4, -0.2) is 11.4 Å². The minimum atomic E-state index is -0.221. The molecule has 1 fully saturated rings. The van der Waals surface area contributed by atoms with Crippen LogP contribution in [0.3, 0.4) is 0 Å². The lowest BCUT2D eigenvalue weighted by atomic mass is 10.1. The summed E-state index contributed by atoms with van der Waals surface area (Å²) < 4.78 is 6.72. The quantitative estimate of drug-likeness (QED) is 0.400. The van der Waals surface area contributed by atoms with Gasteiger partial charge >= 0.3 is 0 Å². The van der Waals surface area contributed by atoms with Crippen LogP contribution >= 0.6 is 39.3 Å². The van der Waals surface area contributed by atoms with Crippen LogP contribution < -0.4 is 10.6 Å². The smallest absolute Gasteiger partial charge is 0.260 e. The Hall–Kier alpha value is -2.15. The van der Waals surface area contributed by atoms with Crippen molar-refractivity contribution in [1.29, 1.82) is 0 Å². The standard InChI is InChI=1S/C22H18BrClN2O2S/c1-2-13-3-6-15(7-4-13)25-22-26-21(27)20(29-22)12-16-8-10-19(28-16)14-5-9-17(23)18(24)11-14/h3-12,22,25H,2H2,1H3,(H,26,27)/b20-12-/t22-/m1/s1. The first-order valence-corrected chi connectivity index (χ1v) is 11.2. The number of rotatable bonds is 5. The van der Waals surface area contributed by atoms with Gasteiger partial charge in [0.15, 0.2) is 5.50 Å². The van der Waals surface area contributed by atoms with Crippen molar-refractivity contribution in [2.24, 2.45) is 0 Å². The molecule has 148 valence electrons. The fraction of sp³-hybridized carbons (Fsp3) is 0.136. The van der Waals surface area contributed by atoms with Crippen LogP contribution in [0.1, 0.15) is 18.2 Å². The molecular weight excluding hydrogens is 472 g/mol. The lowest BCUT2D eigenvalue weighted by Gasteiger charge is -2.12. The summed E-state index contributed by atoms with van der Waals surface area (Å²) in [5.74, 6) is 1.19. The first kappa shape index (κ1) is 20.1. The molecule has 1 aliphatic heterocycles. The SMILES string of the molecule is CCc1ccc(N[C@@H]2NC(=O)/C(=C/c3ccc(-c4ccc(Br)c(Cl)c4)o3)S2)cc1. The van der Waals surface area contributed by atoms with Gasteiger partial charge < -0.3 is 15.1 Å². The molecule has 0 aliphatic carbocycles. The van der Waals surface area contributed by atoms with Gasteiger partial charge in [0, 0.05) is 21.8 Å². The van der Waals surface area contributed by atoms with E-state index in [0.29, 0.717) is 21.4 Å². The molecule has 2 heterocycles. The first-order valence-electron chi connectivity index (χ1n) is 9.12. The molecule has 0 bridgehead atoms. The van der Waals surface area contributed by atoms with Gasteiger partial charge in [0.2, 0.25) is 0 Å². The molecule has 4 rings (SSSR count). The number of nitrogens with one attached hydrogen (secondary N) is 2. The van der Waals surface area contributed by atoms with E-state index >= 15 is 0 Å². The summed E-state index contributed by atoms with van der Waals surface area (Å²) in [4.78, 5) is 12.9. The zero-order valence-corrected chi connectivity index (χ0v) is 18.7. The Morgan fingerprint density at radius 2 is 2.00 bits per heavy atom. The molecule has 1 aromatic heterocycles. The molecule has 1 saturated heterocycles. The van der Waals surface area contributed by atoms with E-state index in [1.165, 1.54) is 17.3 Å². The maximum Gasteiger partial charge on any atom is 0.260 e. The third-order valence-corrected chi connectivity index (χ3v) is 6.76. The van der Waals surface area contributed by atoms with Crippen molar-refractivity contribution in [2.45, 2.75) is 18.8 Å². The summed E-state index contributed by atoms with van der Waals surface area (Å²) in [6.07, 6.45) is 2.76. The number of thioether (sulfide) groups is 1. The Morgan fingerprint density at radius 1 is 1.21 bits per heavy atom. The zero-order chi connectivity index (χ0) is 20.4. The van der Waals surface area contributed by atoms with Gasteiger partial charge in [0.05, 0.1) is 9.93 Å². The van der Waals surface area contributed by atoms with Crippen molar-refractivity contribution in [3.63, 3.8) is 0 Å². The van der Waals surface area contributed by atoms with Crippen molar-refractivity contribution >= 4 is 57.0 Å². The summed E-state index contributed by atoms with van der Waals surface area (Å²) in [5.41, 5.74) is 2.90. The summed E-state index contributed by atoms with van der Waals surface area (Å²) in [5, 5.41) is 6.87. The number of anilines is 1. The van der Waals surface area contributed by atoms with E-state index < -0.39 is 0 Å². The van der Waals surface area contributed by atoms with E-state index in [-0.39, 0.29) is 11.4 Å². The molecule has 4 nitrogen and oxygen atoms in total. The fourth-order valence-electron chi connectivity index (χ4n) is 2.92. The van der Waals surface area contributed by atoms with Gasteiger partial charge in [-0.1, -0.05) is 48.5 Å². The van der Waals surface area contributed by atoms with E-state index in [1.807, 2.05) is 42.5 Å². The van der Waals surface area contributed by atoms with Gasteiger partial charge in [-0.05, 0) is 64.3 Å². The normalized spacial score (nSPS) is 17.6. The Labute approximate surface area is 186 Å². The van der Waals surface area contributed by atoms with Crippen LogP contribution in [0.25, 0.3) is 17.4 Å². The largest absolute Gasteiger partial charge is 0.457 e. The number of aryl methyl sites for hydroxylation is 1. The topological polar surface area (TPSA) is 54.3 Å². The van der Waals surface area contributed by atoms with Crippen LogP contribution in [0.15, 0.2) is 68.4 Å². The molecule has 1 aliphatic rings. The predicted molar refractivity (Wildman–Crippen MR) is 124 cm³/mol. The second-order valence-electron chi connectivity index (χ2n) is 6.51. The molecule has 2 aromatic carbocycles. The highest BCUT2D eigenvalue weighted by Crippen LogP contribution is 2.33. The van der Waals surface area contributed by atoms with Gasteiger partial charge in [-0.25, -0.2) is 0 Å². The Balaban J connectivity index is 1.46. The van der Waals surface area contributed by atoms with Crippen LogP contribution in [0.5, 0.6) is 0 Å². The van der Waals surface area contributed by atoms with Crippen molar-refractivity contribution in [3.05, 3.63) is 80.3 Å². The minimum Gasteiger partial charge on any atom is -0.457 e. The summed E-state index contributed by atoms with van der Waals surface area (Å²) >= 11 is 11.0. The molecule has 0 saturated carbocycles. The van der Waals surface area contributed by atoms with E-state index in [1.54, 1.807) is 6.08 Å². The molecule has 0 unspecified atom stereocenters. The van der Waals surface area contributed by atoms with Gasteiger partial charge in [0.1, 0.15) is 11.5 Å². The average molecular weight is 490 g/mol. The van der Waals surface area contributed by atoms with Crippen LogP contribution in [0.4, 0.5) is 5.69 Å². The van der Waals surface area contributed by atoms with E-state index in [2.05, 4.69) is 45.6 Å². The maximum atomic E-state index is 12.3. The molecule has 29 heavy (non-hydrogen) atoms. The van der Waals surface area contributed by atoms with Gasteiger partial charge in [0.25, 0.3) is 5.91 Å². The second kappa shape index (κ2) is 8.69. The average Bonchev–Trinajstić information content (AvgIpc) is 3.32. The van der Waals surface area contributed by atoms with Crippen molar-refractivity contribution in [3.8, 4) is 11.3 Å². The van der Waals surface area contributed by atoms with E-state index in [4.69, 9.17) is 16.0 Å². The predicted octanol–water partition coefficient (Wildman–Crippen LogP) is 6.52. The lowest BCUT2D eigenvalue weighted by Crippen LogP contribution is -2.30. The molecule has 0 spiro atoms. The summed E-state index contributed by atoms with van der Waals surface area (Å²) in [7, 11) is 0. The van der Waals surface area contributed by atoms with E-state index in [0.717, 1.165) is 22.1 Å². The number of carbonyl (C=O) groups is 1. The van der Waals surface area contributed by atoms with Gasteiger partial charge in [-0.3, -0.25) is 4.79 Å². The number of hydrogen-bond acceptors (Lipinski definition) is 4. The number of amides is 1. The van der Waals surface area contributed by atoms with Crippen LogP contribution in [0, 0.1) is 0 Å². The second-order valence-corrected chi connectivity index (χ2v) is 8.91. The number of benzene rings is 2. The molecule has 2 N–H and O–H groups in total. The van der Waals surface area contributed by atoms with Crippen molar-refractivity contribution in [1.82, 2.24) is 5.32 Å². The molecule has 1 atom stereocenters. The highest BCUT2D eigenvalue weighted by molar-refractivity contribution is 9.10. The highest BCUT2D eigenvalue weighted by atomic mass is 79.9. The molecule has 1 amide bonds. The highest BCUT2D eigenvalue weighted by Gasteiger charge is 2.27. The minimum absolute atomic E-state index is 0.123. The van der Waals surface area contributed by atoms with Gasteiger partial charge in [-0.15, -0.1) is 0 Å². The van der Waals surface area contributed by atoms with Crippen molar-refractivity contribution < 1.29 is 9.21 Å². The Kier molecular flexibility index (Phi) is 6.04. The number of furan rings is 1. The number of carbonyl (C=O) groups excluding carboxylic acids is 1. The summed E-state index contributed by atoms with van der Waals surface area (Å²) in [6.45, 7) is 2.12. The summed E-state index contributed by atoms with van der Waals surface area (Å²) in [6, 6.07) is 17.6. The third-order valence-electron chi connectivity index (χ3n) is 4.49. The monoisotopic (exact) mass is 488 g/mol. The van der Waals surface area contributed by atoms with Crippen molar-refractivity contribution in [2.75, 3.05) is 5.32 Å². The molecular formula is C22H18BrClN2O2S. The van der Waals surface area contributed by atoms with Gasteiger partial charge in [-0.2, -0.15) is 0 Å². The number of hydrogen-bond donors (Lipinski definition) is 2. The molecule has 0 radical (unpaired) electrons. The third kappa shape index (κ3) is 4.71. The van der Waals surface area contributed by atoms with E-state index in [9.17, 15) is 4.79 Å². The Morgan fingerprint density at radius 3 is 2.72 bits per heavy atom. The maximum absolute atomic E-state index is 12.3. The zero-order valence-electron chi connectivity index (χ0n) is 15.5. The fourth-order valence-corrected chi connectivity index (χ4v) is 4.31.